The van der Waals surface area contributed by atoms with Gasteiger partial charge in [0.15, 0.2) is 6.10 Å². The van der Waals surface area contributed by atoms with Gasteiger partial charge in [0.2, 0.25) is 10.0 Å². The summed E-state index contributed by atoms with van der Waals surface area (Å²) in [5.41, 5.74) is -0.0774. The maximum absolute atomic E-state index is 13.5. The Bertz CT molecular complexity index is 964. The third-order valence-electron chi connectivity index (χ3n) is 3.68. The van der Waals surface area contributed by atoms with Gasteiger partial charge in [0.1, 0.15) is 18.2 Å². The minimum absolute atomic E-state index is 0.0774. The second kappa shape index (κ2) is 8.89. The molecule has 0 aliphatic rings. The van der Waals surface area contributed by atoms with Gasteiger partial charge in [-0.1, -0.05) is 12.1 Å². The minimum atomic E-state index is -4.05. The highest BCUT2D eigenvalue weighted by Gasteiger charge is 2.26. The Labute approximate surface area is 161 Å². The van der Waals surface area contributed by atoms with Crippen molar-refractivity contribution < 1.29 is 31.5 Å². The largest absolute Gasteiger partial charge is 0.452 e. The molecule has 2 aromatic rings. The summed E-state index contributed by atoms with van der Waals surface area (Å²) < 4.78 is 56.8. The van der Waals surface area contributed by atoms with Crippen molar-refractivity contribution in [2.75, 3.05) is 18.9 Å². The number of carbonyl (C=O) groups is 2. The van der Waals surface area contributed by atoms with Crippen LogP contribution in [0, 0.1) is 11.6 Å². The molecule has 7 nitrogen and oxygen atoms in total. The third-order valence-corrected chi connectivity index (χ3v) is 5.50. The molecular weight excluding hydrogens is 394 g/mol. The lowest BCUT2D eigenvalue weighted by Gasteiger charge is -2.18. The molecule has 0 bridgehead atoms. The quantitative estimate of drug-likeness (QED) is 0.704. The van der Waals surface area contributed by atoms with Crippen molar-refractivity contribution in [3.63, 3.8) is 0 Å². The first kappa shape index (κ1) is 21.5. The van der Waals surface area contributed by atoms with Crippen molar-refractivity contribution in [1.82, 2.24) is 4.31 Å². The normalized spacial score (nSPS) is 12.5. The zero-order valence-electron chi connectivity index (χ0n) is 15.1. The molecule has 10 heteroatoms. The summed E-state index contributed by atoms with van der Waals surface area (Å²) in [5, 5.41) is 2.27. The lowest BCUT2D eigenvalue weighted by atomic mass is 10.3. The number of benzene rings is 2. The van der Waals surface area contributed by atoms with Crippen LogP contribution in [0.4, 0.5) is 14.5 Å². The fraction of sp³-hybridized carbons (Fsp3) is 0.222. The average Bonchev–Trinajstić information content (AvgIpc) is 2.63. The maximum atomic E-state index is 13.5. The summed E-state index contributed by atoms with van der Waals surface area (Å²) in [4.78, 5) is 23.8. The number of carbonyl (C=O) groups excluding carboxylic acids is 2. The highest BCUT2D eigenvalue weighted by Crippen LogP contribution is 2.15. The number of nitrogens with zero attached hydrogens (tertiary/aromatic N) is 1. The van der Waals surface area contributed by atoms with E-state index in [1.165, 1.54) is 25.1 Å². The third kappa shape index (κ3) is 5.33. The molecule has 1 atom stereocenters. The van der Waals surface area contributed by atoms with E-state index in [0.29, 0.717) is 4.31 Å². The number of anilines is 1. The zero-order chi connectivity index (χ0) is 20.9. The van der Waals surface area contributed by atoms with E-state index in [1.54, 1.807) is 0 Å². The number of rotatable bonds is 7. The number of esters is 1. The lowest BCUT2D eigenvalue weighted by molar-refractivity contribution is -0.153. The fourth-order valence-corrected chi connectivity index (χ4v) is 3.25. The van der Waals surface area contributed by atoms with E-state index in [4.69, 9.17) is 4.74 Å². The summed E-state index contributed by atoms with van der Waals surface area (Å²) in [7, 11) is -2.90. The van der Waals surface area contributed by atoms with Crippen molar-refractivity contribution in [3.05, 3.63) is 60.2 Å². The number of hydrogen-bond donors (Lipinski definition) is 1. The highest BCUT2D eigenvalue weighted by molar-refractivity contribution is 7.89. The smallest absolute Gasteiger partial charge is 0.322 e. The second-order valence-electron chi connectivity index (χ2n) is 5.82. The van der Waals surface area contributed by atoms with Crippen LogP contribution in [0.25, 0.3) is 0 Å². The molecule has 150 valence electrons. The molecule has 0 radical (unpaired) electrons. The van der Waals surface area contributed by atoms with E-state index in [-0.39, 0.29) is 10.6 Å². The fourth-order valence-electron chi connectivity index (χ4n) is 2.14. The van der Waals surface area contributed by atoms with E-state index in [0.717, 1.165) is 37.4 Å². The van der Waals surface area contributed by atoms with Crippen LogP contribution >= 0.6 is 0 Å². The maximum Gasteiger partial charge on any atom is 0.322 e. The van der Waals surface area contributed by atoms with Gasteiger partial charge in [-0.25, -0.2) is 17.2 Å². The summed E-state index contributed by atoms with van der Waals surface area (Å²) in [5.74, 6) is -3.01. The molecule has 0 saturated carbocycles. The summed E-state index contributed by atoms with van der Waals surface area (Å²) in [6.45, 7) is 0.597. The molecule has 0 spiro atoms. The molecule has 2 rings (SSSR count). The Morgan fingerprint density at radius 1 is 1.11 bits per heavy atom. The zero-order valence-corrected chi connectivity index (χ0v) is 15.9. The van der Waals surface area contributed by atoms with Gasteiger partial charge >= 0.3 is 5.97 Å². The van der Waals surface area contributed by atoms with Gasteiger partial charge in [-0.05, 0) is 43.3 Å². The van der Waals surface area contributed by atoms with Crippen LogP contribution in [0.1, 0.15) is 6.92 Å². The number of para-hydroxylation sites is 1. The Morgan fingerprint density at radius 3 is 2.32 bits per heavy atom. The first-order valence-corrected chi connectivity index (χ1v) is 9.52. The molecule has 1 N–H and O–H groups in total. The minimum Gasteiger partial charge on any atom is -0.452 e. The Hall–Kier alpha value is -2.85. The van der Waals surface area contributed by atoms with Crippen molar-refractivity contribution in [2.24, 2.45) is 0 Å². The molecule has 0 heterocycles. The Balaban J connectivity index is 1.95. The summed E-state index contributed by atoms with van der Waals surface area (Å²) in [6.07, 6.45) is -1.28. The number of likely N-dealkylation sites (N-methyl/N-ethyl adjacent to an activating group) is 1. The molecule has 0 fully saturated rings. The number of amides is 1. The van der Waals surface area contributed by atoms with Crippen molar-refractivity contribution >= 4 is 27.6 Å². The van der Waals surface area contributed by atoms with Crippen molar-refractivity contribution in [1.29, 1.82) is 0 Å². The van der Waals surface area contributed by atoms with Gasteiger partial charge in [-0.2, -0.15) is 4.31 Å². The van der Waals surface area contributed by atoms with E-state index in [2.05, 4.69) is 5.32 Å². The molecule has 0 aliphatic heterocycles. The summed E-state index contributed by atoms with van der Waals surface area (Å²) >= 11 is 0. The molecular formula is C18H18F2N2O5S. The number of nitrogens with one attached hydrogen (secondary N) is 1. The van der Waals surface area contributed by atoms with Crippen molar-refractivity contribution in [3.8, 4) is 0 Å². The van der Waals surface area contributed by atoms with Crippen LogP contribution in [0.15, 0.2) is 53.4 Å². The Kier molecular flexibility index (Phi) is 6.81. The number of ether oxygens (including phenoxy) is 1. The summed E-state index contributed by atoms with van der Waals surface area (Å²) in [6, 6.07) is 9.55. The van der Waals surface area contributed by atoms with Gasteiger partial charge in [-0.15, -0.1) is 0 Å². The predicted molar refractivity (Wildman–Crippen MR) is 96.8 cm³/mol. The van der Waals surface area contributed by atoms with Crippen LogP contribution in [-0.2, 0) is 24.3 Å². The molecule has 1 amide bonds. The molecule has 1 unspecified atom stereocenters. The van der Waals surface area contributed by atoms with E-state index < -0.39 is 46.2 Å². The number of sulfonamides is 1. The van der Waals surface area contributed by atoms with Gasteiger partial charge in [-0.3, -0.25) is 9.59 Å². The van der Waals surface area contributed by atoms with E-state index >= 15 is 0 Å². The van der Waals surface area contributed by atoms with E-state index in [1.807, 2.05) is 0 Å². The second-order valence-corrected chi connectivity index (χ2v) is 7.86. The number of halogens is 2. The van der Waals surface area contributed by atoms with Gasteiger partial charge in [0.25, 0.3) is 5.91 Å². The predicted octanol–water partition coefficient (Wildman–Crippen LogP) is 2.16. The molecule has 0 aromatic heterocycles. The van der Waals surface area contributed by atoms with Gasteiger partial charge in [0, 0.05) is 7.05 Å². The monoisotopic (exact) mass is 412 g/mol. The molecule has 0 saturated heterocycles. The SMILES string of the molecule is CC(OC(=O)CN(C)S(=O)(=O)c1ccc(F)cc1)C(=O)Nc1ccccc1F. The topological polar surface area (TPSA) is 92.8 Å². The van der Waals surface area contributed by atoms with Gasteiger partial charge in [0.05, 0.1) is 10.6 Å². The number of hydrogen-bond acceptors (Lipinski definition) is 5. The van der Waals surface area contributed by atoms with Gasteiger partial charge < -0.3 is 10.1 Å². The van der Waals surface area contributed by atoms with Crippen LogP contribution in [0.5, 0.6) is 0 Å². The Morgan fingerprint density at radius 2 is 1.71 bits per heavy atom. The average molecular weight is 412 g/mol. The van der Waals surface area contributed by atoms with Crippen LogP contribution < -0.4 is 5.32 Å². The van der Waals surface area contributed by atoms with Crippen LogP contribution in [0.3, 0.4) is 0 Å². The molecule has 2 aromatic carbocycles. The first-order valence-electron chi connectivity index (χ1n) is 8.08. The molecule has 0 aliphatic carbocycles. The highest BCUT2D eigenvalue weighted by atomic mass is 32.2. The first-order chi connectivity index (χ1) is 13.1. The van der Waals surface area contributed by atoms with Crippen LogP contribution in [-0.4, -0.2) is 44.3 Å². The van der Waals surface area contributed by atoms with Crippen molar-refractivity contribution in [2.45, 2.75) is 17.9 Å². The standard InChI is InChI=1S/C18H18F2N2O5S/c1-12(18(24)21-16-6-4-3-5-15(16)20)27-17(23)11-22(2)28(25,26)14-9-7-13(19)8-10-14/h3-10,12H,11H2,1-2H3,(H,21,24). The lowest BCUT2D eigenvalue weighted by Crippen LogP contribution is -2.37. The molecule has 28 heavy (non-hydrogen) atoms. The van der Waals surface area contributed by atoms with E-state index in [9.17, 15) is 26.8 Å². The van der Waals surface area contributed by atoms with Crippen LogP contribution in [0.2, 0.25) is 0 Å².